The predicted molar refractivity (Wildman–Crippen MR) is 96.8 cm³/mol. The summed E-state index contributed by atoms with van der Waals surface area (Å²) in [5.74, 6) is 1.32. The number of aryl methyl sites for hydroxylation is 1. The van der Waals surface area contributed by atoms with Gasteiger partial charge in [-0.3, -0.25) is 4.68 Å². The molecule has 1 atom stereocenters. The molecule has 0 aliphatic carbocycles. The number of carbonyl (C=O) groups is 1. The van der Waals surface area contributed by atoms with E-state index in [0.29, 0.717) is 19.0 Å². The zero-order valence-electron chi connectivity index (χ0n) is 14.7. The Bertz CT molecular complexity index is 715. The summed E-state index contributed by atoms with van der Waals surface area (Å²) in [7, 11) is 3.54. The molecular weight excluding hydrogens is 318 g/mol. The summed E-state index contributed by atoms with van der Waals surface area (Å²) in [4.78, 5) is 14.3. The smallest absolute Gasteiger partial charge is 0.315 e. The zero-order valence-corrected chi connectivity index (χ0v) is 14.7. The van der Waals surface area contributed by atoms with Crippen LogP contribution in [0.3, 0.4) is 0 Å². The molecular formula is C18H25N5O2. The van der Waals surface area contributed by atoms with E-state index in [1.165, 1.54) is 5.69 Å². The molecule has 1 aliphatic heterocycles. The lowest BCUT2D eigenvalue weighted by molar-refractivity contribution is 0.239. The van der Waals surface area contributed by atoms with E-state index in [1.54, 1.807) is 18.0 Å². The third-order valence-electron chi connectivity index (χ3n) is 4.47. The second-order valence-electron chi connectivity index (χ2n) is 6.39. The molecule has 0 spiro atoms. The molecule has 1 aromatic heterocycles. The van der Waals surface area contributed by atoms with E-state index in [2.05, 4.69) is 32.8 Å². The number of anilines is 1. The van der Waals surface area contributed by atoms with Crippen LogP contribution in [0.4, 0.5) is 10.5 Å². The molecule has 2 N–H and O–H groups in total. The molecule has 0 radical (unpaired) electrons. The quantitative estimate of drug-likeness (QED) is 0.838. The van der Waals surface area contributed by atoms with Gasteiger partial charge in [-0.1, -0.05) is 6.07 Å². The summed E-state index contributed by atoms with van der Waals surface area (Å²) in [5.41, 5.74) is 2.16. The van der Waals surface area contributed by atoms with Gasteiger partial charge in [-0.15, -0.1) is 0 Å². The minimum Gasteiger partial charge on any atom is -0.497 e. The second kappa shape index (κ2) is 7.92. The molecule has 1 fully saturated rings. The standard InChI is InChI=1S/C18H25N5O2/c1-22-12-15(11-21-22)10-20-18(24)19-9-14-6-7-23(13-14)16-4-3-5-17(8-16)25-2/h3-5,8,11-12,14H,6-7,9-10,13H2,1-2H3,(H2,19,20,24). The number of nitrogens with one attached hydrogen (secondary N) is 2. The highest BCUT2D eigenvalue weighted by Crippen LogP contribution is 2.26. The Balaban J connectivity index is 1.41. The number of carbonyl (C=O) groups excluding carboxylic acids is 1. The van der Waals surface area contributed by atoms with E-state index in [0.717, 1.165) is 30.8 Å². The van der Waals surface area contributed by atoms with Crippen molar-refractivity contribution < 1.29 is 9.53 Å². The Morgan fingerprint density at radius 2 is 2.28 bits per heavy atom. The van der Waals surface area contributed by atoms with Crippen LogP contribution in [0.1, 0.15) is 12.0 Å². The van der Waals surface area contributed by atoms with Gasteiger partial charge in [0.2, 0.25) is 0 Å². The largest absolute Gasteiger partial charge is 0.497 e. The van der Waals surface area contributed by atoms with Crippen LogP contribution in [-0.4, -0.2) is 42.6 Å². The Kier molecular flexibility index (Phi) is 5.42. The molecule has 0 bridgehead atoms. The molecule has 7 heteroatoms. The minimum atomic E-state index is -0.135. The number of urea groups is 1. The third-order valence-corrected chi connectivity index (χ3v) is 4.47. The number of amides is 2. The van der Waals surface area contributed by atoms with E-state index in [-0.39, 0.29) is 6.03 Å². The van der Waals surface area contributed by atoms with Crippen molar-refractivity contribution in [2.75, 3.05) is 31.6 Å². The molecule has 2 heterocycles. The number of nitrogens with zero attached hydrogens (tertiary/aromatic N) is 3. The number of hydrogen-bond donors (Lipinski definition) is 2. The van der Waals surface area contributed by atoms with Gasteiger partial charge in [-0.25, -0.2) is 4.79 Å². The van der Waals surface area contributed by atoms with Crippen LogP contribution in [-0.2, 0) is 13.6 Å². The summed E-state index contributed by atoms with van der Waals surface area (Å²) in [6, 6.07) is 7.97. The van der Waals surface area contributed by atoms with Crippen molar-refractivity contribution in [2.24, 2.45) is 13.0 Å². The van der Waals surface area contributed by atoms with Crippen LogP contribution in [0.5, 0.6) is 5.75 Å². The molecule has 1 unspecified atom stereocenters. The van der Waals surface area contributed by atoms with Crippen molar-refractivity contribution >= 4 is 11.7 Å². The number of benzene rings is 1. The summed E-state index contributed by atoms with van der Waals surface area (Å²) in [5, 5.41) is 9.91. The SMILES string of the molecule is COc1cccc(N2CCC(CNC(=O)NCc3cnn(C)c3)C2)c1. The molecule has 25 heavy (non-hydrogen) atoms. The van der Waals surface area contributed by atoms with E-state index in [4.69, 9.17) is 4.74 Å². The van der Waals surface area contributed by atoms with Crippen LogP contribution in [0.15, 0.2) is 36.7 Å². The highest BCUT2D eigenvalue weighted by atomic mass is 16.5. The first-order valence-corrected chi connectivity index (χ1v) is 8.52. The number of ether oxygens (including phenoxy) is 1. The summed E-state index contributed by atoms with van der Waals surface area (Å²) >= 11 is 0. The van der Waals surface area contributed by atoms with Gasteiger partial charge in [0.15, 0.2) is 0 Å². The van der Waals surface area contributed by atoms with Crippen molar-refractivity contribution in [3.05, 3.63) is 42.2 Å². The molecule has 0 saturated carbocycles. The van der Waals surface area contributed by atoms with Crippen molar-refractivity contribution in [1.29, 1.82) is 0 Å². The molecule has 1 aromatic carbocycles. The first-order valence-electron chi connectivity index (χ1n) is 8.52. The third kappa shape index (κ3) is 4.65. The lowest BCUT2D eigenvalue weighted by atomic mass is 10.1. The highest BCUT2D eigenvalue weighted by Gasteiger charge is 2.23. The summed E-state index contributed by atoms with van der Waals surface area (Å²) in [6.45, 7) is 3.10. The van der Waals surface area contributed by atoms with Crippen LogP contribution in [0, 0.1) is 5.92 Å². The maximum absolute atomic E-state index is 11.9. The van der Waals surface area contributed by atoms with Gasteiger partial charge in [-0.05, 0) is 24.5 Å². The topological polar surface area (TPSA) is 71.4 Å². The van der Waals surface area contributed by atoms with E-state index >= 15 is 0 Å². The number of rotatable bonds is 6. The fourth-order valence-corrected chi connectivity index (χ4v) is 3.09. The average Bonchev–Trinajstić information content (AvgIpc) is 3.27. The van der Waals surface area contributed by atoms with Crippen molar-refractivity contribution in [3.8, 4) is 5.75 Å². The van der Waals surface area contributed by atoms with Gasteiger partial charge in [0.1, 0.15) is 5.75 Å². The fourth-order valence-electron chi connectivity index (χ4n) is 3.09. The highest BCUT2D eigenvalue weighted by molar-refractivity contribution is 5.73. The van der Waals surface area contributed by atoms with Gasteiger partial charge in [-0.2, -0.15) is 5.10 Å². The van der Waals surface area contributed by atoms with Gasteiger partial charge in [0.05, 0.1) is 13.3 Å². The number of aromatic nitrogens is 2. The Morgan fingerprint density at radius 1 is 1.40 bits per heavy atom. The second-order valence-corrected chi connectivity index (χ2v) is 6.39. The van der Waals surface area contributed by atoms with Gasteiger partial charge in [0.25, 0.3) is 0 Å². The van der Waals surface area contributed by atoms with Crippen LogP contribution < -0.4 is 20.3 Å². The molecule has 1 saturated heterocycles. The zero-order chi connectivity index (χ0) is 17.6. The first-order chi connectivity index (χ1) is 12.1. The maximum atomic E-state index is 11.9. The van der Waals surface area contributed by atoms with Crippen molar-refractivity contribution in [1.82, 2.24) is 20.4 Å². The van der Waals surface area contributed by atoms with Gasteiger partial charge in [0, 0.05) is 56.7 Å². The van der Waals surface area contributed by atoms with Crippen LogP contribution in [0.25, 0.3) is 0 Å². The van der Waals surface area contributed by atoms with Gasteiger partial charge >= 0.3 is 6.03 Å². The summed E-state index contributed by atoms with van der Waals surface area (Å²) in [6.07, 6.45) is 4.71. The minimum absolute atomic E-state index is 0.135. The number of methoxy groups -OCH3 is 1. The lowest BCUT2D eigenvalue weighted by Gasteiger charge is -2.19. The monoisotopic (exact) mass is 343 g/mol. The Hall–Kier alpha value is -2.70. The summed E-state index contributed by atoms with van der Waals surface area (Å²) < 4.78 is 7.01. The van der Waals surface area contributed by atoms with E-state index in [9.17, 15) is 4.79 Å². The van der Waals surface area contributed by atoms with E-state index < -0.39 is 0 Å². The Morgan fingerprint density at radius 3 is 3.04 bits per heavy atom. The van der Waals surface area contributed by atoms with E-state index in [1.807, 2.05) is 25.4 Å². The normalized spacial score (nSPS) is 16.7. The van der Waals surface area contributed by atoms with Gasteiger partial charge < -0.3 is 20.3 Å². The molecule has 7 nitrogen and oxygen atoms in total. The van der Waals surface area contributed by atoms with Crippen LogP contribution in [0.2, 0.25) is 0 Å². The number of hydrogen-bond acceptors (Lipinski definition) is 4. The van der Waals surface area contributed by atoms with Crippen molar-refractivity contribution in [3.63, 3.8) is 0 Å². The average molecular weight is 343 g/mol. The first kappa shape index (κ1) is 17.1. The predicted octanol–water partition coefficient (Wildman–Crippen LogP) is 1.75. The van der Waals surface area contributed by atoms with Crippen molar-refractivity contribution in [2.45, 2.75) is 13.0 Å². The molecule has 134 valence electrons. The molecule has 2 amide bonds. The molecule has 1 aliphatic rings. The maximum Gasteiger partial charge on any atom is 0.315 e. The van der Waals surface area contributed by atoms with Crippen LogP contribution >= 0.6 is 0 Å². The molecule has 3 rings (SSSR count). The fraction of sp³-hybridized carbons (Fsp3) is 0.444. The lowest BCUT2D eigenvalue weighted by Crippen LogP contribution is -2.38. The Labute approximate surface area is 148 Å². The molecule has 2 aromatic rings.